The number of benzene rings is 2. The maximum atomic E-state index is 9.54. The summed E-state index contributed by atoms with van der Waals surface area (Å²) in [5.74, 6) is 1.36. The number of allylic oxidation sites excluding steroid dienone is 1. The Bertz CT molecular complexity index is 796. The van der Waals surface area contributed by atoms with E-state index in [4.69, 9.17) is 21.1 Å². The summed E-state index contributed by atoms with van der Waals surface area (Å²) in [6.07, 6.45) is 1.77. The van der Waals surface area contributed by atoms with Crippen molar-refractivity contribution in [3.8, 4) is 17.6 Å². The summed E-state index contributed by atoms with van der Waals surface area (Å²) < 4.78 is 12.1. The van der Waals surface area contributed by atoms with E-state index in [1.54, 1.807) is 12.1 Å². The van der Waals surface area contributed by atoms with Crippen molar-refractivity contribution in [2.45, 2.75) is 13.8 Å². The minimum absolute atomic E-state index is 0.470. The number of halogens is 2. The second-order valence-corrected chi connectivity index (χ2v) is 6.10. The van der Waals surface area contributed by atoms with E-state index in [-0.39, 0.29) is 0 Å². The highest BCUT2D eigenvalue weighted by molar-refractivity contribution is 9.10. The molecule has 2 aromatic carbocycles. The van der Waals surface area contributed by atoms with Gasteiger partial charge in [-0.3, -0.25) is 0 Å². The van der Waals surface area contributed by atoms with Crippen molar-refractivity contribution in [3.05, 3.63) is 57.0 Å². The van der Waals surface area contributed by atoms with Crippen LogP contribution >= 0.6 is 27.5 Å². The molecule has 2 rings (SSSR count). The summed E-state index contributed by atoms with van der Waals surface area (Å²) in [6.45, 7) is 4.91. The maximum Gasteiger partial charge on any atom is 0.137 e. The second kappa shape index (κ2) is 8.77. The normalized spacial score (nSPS) is 11.0. The molecule has 0 saturated heterocycles. The van der Waals surface area contributed by atoms with Crippen LogP contribution < -0.4 is 9.47 Å². The highest BCUT2D eigenvalue weighted by Crippen LogP contribution is 2.36. The number of nitrogens with zero attached hydrogens (tertiary/aromatic N) is 1. The van der Waals surface area contributed by atoms with Crippen molar-refractivity contribution in [1.82, 2.24) is 0 Å². The van der Waals surface area contributed by atoms with Crippen LogP contribution in [0.15, 0.2) is 40.9 Å². The molecule has 0 unspecified atom stereocenters. The summed E-state index contributed by atoms with van der Waals surface area (Å²) in [7, 11) is 0. The summed E-state index contributed by atoms with van der Waals surface area (Å²) in [5, 5.41) is 10.1. The monoisotopic (exact) mass is 405 g/mol. The summed E-state index contributed by atoms with van der Waals surface area (Å²) in [4.78, 5) is 0. The molecule has 0 atom stereocenters. The second-order valence-electron chi connectivity index (χ2n) is 4.84. The van der Waals surface area contributed by atoms with E-state index in [1.807, 2.05) is 44.2 Å². The third-order valence-corrected chi connectivity index (χ3v) is 4.20. The van der Waals surface area contributed by atoms with Crippen LogP contribution in [0.5, 0.6) is 11.5 Å². The molecule has 0 N–H and O–H groups in total. The van der Waals surface area contributed by atoms with Crippen LogP contribution in [0.4, 0.5) is 0 Å². The van der Waals surface area contributed by atoms with Crippen molar-refractivity contribution < 1.29 is 9.47 Å². The fraction of sp³-hybridized carbons (Fsp3) is 0.211. The first kappa shape index (κ1) is 18.4. The van der Waals surface area contributed by atoms with Gasteiger partial charge in [-0.15, -0.1) is 0 Å². The van der Waals surface area contributed by atoms with Gasteiger partial charge in [-0.2, -0.15) is 5.26 Å². The first-order chi connectivity index (χ1) is 11.6. The molecule has 5 heteroatoms. The summed E-state index contributed by atoms with van der Waals surface area (Å²) in [5.41, 5.74) is 1.94. The average Bonchev–Trinajstić information content (AvgIpc) is 2.57. The zero-order chi connectivity index (χ0) is 17.5. The van der Waals surface area contributed by atoms with Crippen LogP contribution in [-0.2, 0) is 0 Å². The quantitative estimate of drug-likeness (QED) is 0.439. The Hall–Kier alpha value is -1.96. The van der Waals surface area contributed by atoms with E-state index in [0.29, 0.717) is 40.9 Å². The van der Waals surface area contributed by atoms with E-state index < -0.39 is 0 Å². The average molecular weight is 407 g/mol. The molecule has 0 spiro atoms. The molecule has 0 aliphatic carbocycles. The topological polar surface area (TPSA) is 42.2 Å². The number of ether oxygens (including phenoxy) is 2. The van der Waals surface area contributed by atoms with Gasteiger partial charge in [0.25, 0.3) is 0 Å². The zero-order valence-corrected chi connectivity index (χ0v) is 15.8. The van der Waals surface area contributed by atoms with Gasteiger partial charge in [0.2, 0.25) is 0 Å². The Kier molecular flexibility index (Phi) is 6.72. The van der Waals surface area contributed by atoms with Crippen LogP contribution in [0.3, 0.4) is 0 Å². The predicted molar refractivity (Wildman–Crippen MR) is 101 cm³/mol. The molecule has 0 aromatic heterocycles. The molecule has 0 heterocycles. The molecule has 0 saturated carbocycles. The lowest BCUT2D eigenvalue weighted by atomic mass is 10.0. The van der Waals surface area contributed by atoms with E-state index in [1.165, 1.54) is 0 Å². The van der Waals surface area contributed by atoms with Gasteiger partial charge in [0.05, 0.1) is 29.3 Å². The van der Waals surface area contributed by atoms with Gasteiger partial charge < -0.3 is 9.47 Å². The molecule has 0 aliphatic heterocycles. The van der Waals surface area contributed by atoms with Crippen molar-refractivity contribution >= 4 is 39.2 Å². The molecule has 0 amide bonds. The minimum Gasteiger partial charge on any atom is -0.493 e. The van der Waals surface area contributed by atoms with Crippen molar-refractivity contribution in [2.24, 2.45) is 0 Å². The fourth-order valence-electron chi connectivity index (χ4n) is 2.21. The van der Waals surface area contributed by atoms with Crippen LogP contribution in [0.1, 0.15) is 25.0 Å². The van der Waals surface area contributed by atoms with Gasteiger partial charge >= 0.3 is 0 Å². The van der Waals surface area contributed by atoms with Gasteiger partial charge in [0, 0.05) is 22.2 Å². The Morgan fingerprint density at radius 1 is 1.17 bits per heavy atom. The molecule has 0 aliphatic rings. The molecule has 0 radical (unpaired) electrons. The standard InChI is InChI=1S/C19H17BrClNO2/c1-3-23-18-11-19(24-4-2)16(20)10-13(18)9-14(12-22)15-7-5-6-8-17(15)21/h5-11H,3-4H2,1-2H3. The Balaban J connectivity index is 2.55. The number of nitriles is 1. The largest absolute Gasteiger partial charge is 0.493 e. The SMILES string of the molecule is CCOc1cc(OCC)c(C=C(C#N)c2ccccc2Cl)cc1Br. The van der Waals surface area contributed by atoms with Crippen LogP contribution in [0.2, 0.25) is 5.02 Å². The number of rotatable bonds is 6. The van der Waals surface area contributed by atoms with Crippen LogP contribution in [0.25, 0.3) is 11.6 Å². The van der Waals surface area contributed by atoms with Crippen LogP contribution in [0, 0.1) is 11.3 Å². The highest BCUT2D eigenvalue weighted by atomic mass is 79.9. The molecule has 0 fully saturated rings. The zero-order valence-electron chi connectivity index (χ0n) is 13.5. The molecule has 24 heavy (non-hydrogen) atoms. The predicted octanol–water partition coefficient (Wildman–Crippen LogP) is 5.96. The Morgan fingerprint density at radius 2 is 1.83 bits per heavy atom. The number of hydrogen-bond acceptors (Lipinski definition) is 3. The molecule has 2 aromatic rings. The van der Waals surface area contributed by atoms with E-state index >= 15 is 0 Å². The lowest BCUT2D eigenvalue weighted by Gasteiger charge is -2.13. The first-order valence-electron chi connectivity index (χ1n) is 7.56. The summed E-state index contributed by atoms with van der Waals surface area (Å²) in [6, 6.07) is 13.2. The summed E-state index contributed by atoms with van der Waals surface area (Å²) >= 11 is 9.71. The van der Waals surface area contributed by atoms with Gasteiger partial charge in [-0.05, 0) is 48.0 Å². The highest BCUT2D eigenvalue weighted by Gasteiger charge is 2.12. The fourth-order valence-corrected chi connectivity index (χ4v) is 2.93. The molecule has 3 nitrogen and oxygen atoms in total. The number of hydrogen-bond donors (Lipinski definition) is 0. The lowest BCUT2D eigenvalue weighted by Crippen LogP contribution is -1.98. The van der Waals surface area contributed by atoms with Crippen LogP contribution in [-0.4, -0.2) is 13.2 Å². The molecular weight excluding hydrogens is 390 g/mol. The Labute approximate surface area is 155 Å². The first-order valence-corrected chi connectivity index (χ1v) is 8.73. The van der Waals surface area contributed by atoms with E-state index in [9.17, 15) is 5.26 Å². The van der Waals surface area contributed by atoms with Gasteiger partial charge in [0.15, 0.2) is 0 Å². The van der Waals surface area contributed by atoms with Crippen molar-refractivity contribution in [3.63, 3.8) is 0 Å². The van der Waals surface area contributed by atoms with Crippen molar-refractivity contribution in [2.75, 3.05) is 13.2 Å². The Morgan fingerprint density at radius 3 is 2.46 bits per heavy atom. The van der Waals surface area contributed by atoms with Gasteiger partial charge in [0.1, 0.15) is 11.5 Å². The third kappa shape index (κ3) is 4.31. The maximum absolute atomic E-state index is 9.54. The van der Waals surface area contributed by atoms with E-state index in [0.717, 1.165) is 10.0 Å². The lowest BCUT2D eigenvalue weighted by molar-refractivity contribution is 0.321. The van der Waals surface area contributed by atoms with Gasteiger partial charge in [-0.25, -0.2) is 0 Å². The van der Waals surface area contributed by atoms with E-state index in [2.05, 4.69) is 22.0 Å². The molecule has 0 bridgehead atoms. The smallest absolute Gasteiger partial charge is 0.137 e. The van der Waals surface area contributed by atoms with Gasteiger partial charge in [-0.1, -0.05) is 29.8 Å². The molecular formula is C19H17BrClNO2. The molecule has 124 valence electrons. The third-order valence-electron chi connectivity index (χ3n) is 3.25. The van der Waals surface area contributed by atoms with Crippen molar-refractivity contribution in [1.29, 1.82) is 5.26 Å². The minimum atomic E-state index is 0.470.